The van der Waals surface area contributed by atoms with E-state index in [4.69, 9.17) is 0 Å². The van der Waals surface area contributed by atoms with Crippen LogP contribution in [0.2, 0.25) is 0 Å². The van der Waals surface area contributed by atoms with Gasteiger partial charge < -0.3 is 0 Å². The van der Waals surface area contributed by atoms with Gasteiger partial charge in [0, 0.05) is 12.4 Å². The van der Waals surface area contributed by atoms with Gasteiger partial charge in [-0.3, -0.25) is 4.40 Å². The van der Waals surface area contributed by atoms with Gasteiger partial charge in [0.05, 0.1) is 4.47 Å². The summed E-state index contributed by atoms with van der Waals surface area (Å²) in [5, 5.41) is 0. The van der Waals surface area contributed by atoms with E-state index in [1.54, 1.807) is 23.1 Å². The highest BCUT2D eigenvalue weighted by atomic mass is 79.9. The van der Waals surface area contributed by atoms with E-state index < -0.39 is 0 Å². The molecule has 1 radical (unpaired) electrons. The number of rotatable bonds is 0. The molecule has 4 heteroatoms. The molecule has 0 atom stereocenters. The van der Waals surface area contributed by atoms with E-state index in [2.05, 4.69) is 32.1 Å². The van der Waals surface area contributed by atoms with Crippen LogP contribution in [-0.2, 0) is 0 Å². The number of hydrogen-bond donors (Lipinski definition) is 0. The number of hydrogen-bond acceptors (Lipinski definition) is 2. The first kappa shape index (κ1) is 5.85. The summed E-state index contributed by atoms with van der Waals surface area (Å²) in [7, 11) is 0. The molecule has 0 spiro atoms. The van der Waals surface area contributed by atoms with Gasteiger partial charge in [0.25, 0.3) is 0 Å². The molecular formula is C6H3BrN3. The number of imidazole rings is 1. The van der Waals surface area contributed by atoms with Crippen LogP contribution in [0.4, 0.5) is 0 Å². The van der Waals surface area contributed by atoms with Crippen molar-refractivity contribution in [3.05, 3.63) is 29.4 Å². The van der Waals surface area contributed by atoms with Gasteiger partial charge >= 0.3 is 0 Å². The molecule has 2 heterocycles. The molecule has 0 amide bonds. The van der Waals surface area contributed by atoms with E-state index in [1.807, 2.05) is 0 Å². The average molecular weight is 197 g/mol. The monoisotopic (exact) mass is 196 g/mol. The second kappa shape index (κ2) is 2.05. The van der Waals surface area contributed by atoms with Crippen molar-refractivity contribution < 1.29 is 0 Å². The summed E-state index contributed by atoms with van der Waals surface area (Å²) in [4.78, 5) is 7.91. The smallest absolute Gasteiger partial charge is 0.154 e. The number of halogens is 1. The van der Waals surface area contributed by atoms with E-state index in [-0.39, 0.29) is 0 Å². The normalized spacial score (nSPS) is 10.5. The Balaban J connectivity index is 2.95. The molecule has 0 aliphatic heterocycles. The van der Waals surface area contributed by atoms with Crippen LogP contribution in [0.5, 0.6) is 0 Å². The number of aromatic nitrogens is 3. The maximum absolute atomic E-state index is 3.97. The number of fused-ring (bicyclic) bond motifs is 1. The lowest BCUT2D eigenvalue weighted by atomic mass is 10.6. The molecule has 0 unspecified atom stereocenters. The van der Waals surface area contributed by atoms with Crippen molar-refractivity contribution in [1.82, 2.24) is 14.4 Å². The van der Waals surface area contributed by atoms with Crippen molar-refractivity contribution in [3.63, 3.8) is 0 Å². The molecule has 2 aromatic rings. The molecule has 2 aromatic heterocycles. The SMILES string of the molecule is Brc1cncn2c[c]nc12. The molecule has 0 N–H and O–H groups in total. The highest BCUT2D eigenvalue weighted by Crippen LogP contribution is 2.12. The quantitative estimate of drug-likeness (QED) is 0.636. The predicted molar refractivity (Wildman–Crippen MR) is 39.5 cm³/mol. The summed E-state index contributed by atoms with van der Waals surface area (Å²) in [6, 6.07) is 0. The van der Waals surface area contributed by atoms with Crippen molar-refractivity contribution in [1.29, 1.82) is 0 Å². The molecule has 0 fully saturated rings. The third kappa shape index (κ3) is 0.724. The second-order valence-electron chi connectivity index (χ2n) is 1.84. The Labute approximate surface area is 65.9 Å². The van der Waals surface area contributed by atoms with Gasteiger partial charge in [-0.15, -0.1) is 0 Å². The minimum absolute atomic E-state index is 0.843. The van der Waals surface area contributed by atoms with Crippen LogP contribution in [0.25, 0.3) is 5.65 Å². The first-order valence-electron chi connectivity index (χ1n) is 2.72. The van der Waals surface area contributed by atoms with Crippen LogP contribution in [0.1, 0.15) is 0 Å². The Morgan fingerprint density at radius 2 is 2.50 bits per heavy atom. The molecule has 10 heavy (non-hydrogen) atoms. The van der Waals surface area contributed by atoms with Crippen LogP contribution in [0.15, 0.2) is 23.2 Å². The Hall–Kier alpha value is -0.900. The van der Waals surface area contributed by atoms with Crippen molar-refractivity contribution in [3.8, 4) is 0 Å². The Morgan fingerprint density at radius 1 is 1.60 bits per heavy atom. The highest BCUT2D eigenvalue weighted by molar-refractivity contribution is 9.10. The van der Waals surface area contributed by atoms with Crippen molar-refractivity contribution in [2.75, 3.05) is 0 Å². The third-order valence-corrected chi connectivity index (χ3v) is 1.76. The van der Waals surface area contributed by atoms with Crippen LogP contribution < -0.4 is 0 Å². The fourth-order valence-electron chi connectivity index (χ4n) is 0.764. The molecule has 0 aliphatic rings. The van der Waals surface area contributed by atoms with Gasteiger partial charge in [0.15, 0.2) is 5.65 Å². The van der Waals surface area contributed by atoms with E-state index in [0.29, 0.717) is 0 Å². The maximum Gasteiger partial charge on any atom is 0.154 e. The van der Waals surface area contributed by atoms with Crippen LogP contribution in [0.3, 0.4) is 0 Å². The molecule has 49 valence electrons. The topological polar surface area (TPSA) is 30.2 Å². The van der Waals surface area contributed by atoms with Crippen molar-refractivity contribution in [2.45, 2.75) is 0 Å². The zero-order chi connectivity index (χ0) is 6.97. The standard InChI is InChI=1S/C6H3BrN3/c7-5-3-8-4-10-2-1-9-6(5)10/h2-4H. The summed E-state index contributed by atoms with van der Waals surface area (Å²) >= 11 is 3.31. The largest absolute Gasteiger partial charge is 0.289 e. The van der Waals surface area contributed by atoms with Gasteiger partial charge in [0.2, 0.25) is 0 Å². The third-order valence-electron chi connectivity index (χ3n) is 1.20. The Kier molecular flexibility index (Phi) is 1.20. The van der Waals surface area contributed by atoms with Crippen LogP contribution in [-0.4, -0.2) is 14.4 Å². The summed E-state index contributed by atoms with van der Waals surface area (Å²) in [5.74, 6) is 0. The Bertz CT molecular complexity index is 355. The van der Waals surface area contributed by atoms with Crippen LogP contribution >= 0.6 is 15.9 Å². The predicted octanol–water partition coefficient (Wildman–Crippen LogP) is 1.29. The van der Waals surface area contributed by atoms with Crippen molar-refractivity contribution >= 4 is 21.6 Å². The molecule has 0 aliphatic carbocycles. The fourth-order valence-corrected chi connectivity index (χ4v) is 1.18. The zero-order valence-electron chi connectivity index (χ0n) is 4.95. The zero-order valence-corrected chi connectivity index (χ0v) is 6.54. The lowest BCUT2D eigenvalue weighted by Crippen LogP contribution is -1.84. The van der Waals surface area contributed by atoms with Gasteiger partial charge in [-0.25, -0.2) is 9.97 Å². The molecular weight excluding hydrogens is 194 g/mol. The first-order valence-corrected chi connectivity index (χ1v) is 3.51. The van der Waals surface area contributed by atoms with Gasteiger partial charge in [0.1, 0.15) is 12.5 Å². The van der Waals surface area contributed by atoms with E-state index >= 15 is 0 Å². The molecule has 0 saturated carbocycles. The molecule has 0 aromatic carbocycles. The van der Waals surface area contributed by atoms with E-state index in [0.717, 1.165) is 10.1 Å². The average Bonchev–Trinajstić information content (AvgIpc) is 2.36. The highest BCUT2D eigenvalue weighted by Gasteiger charge is 1.96. The lowest BCUT2D eigenvalue weighted by molar-refractivity contribution is 1.08. The summed E-state index contributed by atoms with van der Waals surface area (Å²) in [6.07, 6.45) is 7.84. The van der Waals surface area contributed by atoms with Gasteiger partial charge in [-0.2, -0.15) is 0 Å². The van der Waals surface area contributed by atoms with E-state index in [9.17, 15) is 0 Å². The van der Waals surface area contributed by atoms with Gasteiger partial charge in [-0.05, 0) is 15.9 Å². The van der Waals surface area contributed by atoms with Crippen molar-refractivity contribution in [2.24, 2.45) is 0 Å². The minimum Gasteiger partial charge on any atom is -0.289 e. The maximum atomic E-state index is 3.97. The second-order valence-corrected chi connectivity index (χ2v) is 2.70. The summed E-state index contributed by atoms with van der Waals surface area (Å²) in [5.41, 5.74) is 0.843. The summed E-state index contributed by atoms with van der Waals surface area (Å²) in [6.45, 7) is 0. The molecule has 0 bridgehead atoms. The van der Waals surface area contributed by atoms with Gasteiger partial charge in [-0.1, -0.05) is 0 Å². The molecule has 2 rings (SSSR count). The fraction of sp³-hybridized carbons (Fsp3) is 0. The Morgan fingerprint density at radius 3 is 3.30 bits per heavy atom. The summed E-state index contributed by atoms with van der Waals surface area (Å²) < 4.78 is 2.68. The first-order chi connectivity index (χ1) is 4.88. The lowest BCUT2D eigenvalue weighted by Gasteiger charge is -1.91. The van der Waals surface area contributed by atoms with E-state index in [1.165, 1.54) is 0 Å². The molecule has 0 saturated heterocycles. The van der Waals surface area contributed by atoms with Crippen LogP contribution in [0, 0.1) is 6.20 Å². The molecule has 3 nitrogen and oxygen atoms in total. The number of nitrogens with zero attached hydrogens (tertiary/aromatic N) is 3. The minimum atomic E-state index is 0.843.